The van der Waals surface area contributed by atoms with Gasteiger partial charge in [-0.15, -0.1) is 0 Å². The summed E-state index contributed by atoms with van der Waals surface area (Å²) in [4.78, 5) is 22.6. The van der Waals surface area contributed by atoms with Gasteiger partial charge in [-0.2, -0.15) is 13.9 Å². The molecule has 4 aromatic heterocycles. The van der Waals surface area contributed by atoms with Crippen molar-refractivity contribution in [1.29, 1.82) is 0 Å². The van der Waals surface area contributed by atoms with E-state index < -0.39 is 6.55 Å². The minimum Gasteiger partial charge on any atom is -0.356 e. The number of halogens is 2. The van der Waals surface area contributed by atoms with E-state index in [-0.39, 0.29) is 0 Å². The van der Waals surface area contributed by atoms with Gasteiger partial charge in [-0.1, -0.05) is 6.92 Å². The molecule has 2 N–H and O–H groups in total. The van der Waals surface area contributed by atoms with Gasteiger partial charge in [0.1, 0.15) is 23.6 Å². The number of imidazole rings is 1. The highest BCUT2D eigenvalue weighted by molar-refractivity contribution is 5.91. The van der Waals surface area contributed by atoms with Crippen molar-refractivity contribution < 1.29 is 8.78 Å². The van der Waals surface area contributed by atoms with Crippen LogP contribution in [0, 0.1) is 6.92 Å². The van der Waals surface area contributed by atoms with E-state index in [9.17, 15) is 8.78 Å². The molecule has 162 valence electrons. The molecule has 1 aliphatic heterocycles. The number of anilines is 1. The topological polar surface area (TPSA) is 91.3 Å². The SMILES string of the molecule is CCc1[nH]c(C2CCN(c3ncnc4[nH]c(-c5cnn(C(F)F)c5)cc34)CC2)nc1C. The number of alkyl halides is 2. The summed E-state index contributed by atoms with van der Waals surface area (Å²) in [5.74, 6) is 2.36. The maximum Gasteiger partial charge on any atom is 0.333 e. The Kier molecular flexibility index (Phi) is 4.91. The third-order valence-corrected chi connectivity index (χ3v) is 6.06. The van der Waals surface area contributed by atoms with Crippen LogP contribution in [0.4, 0.5) is 14.6 Å². The van der Waals surface area contributed by atoms with Gasteiger partial charge in [-0.05, 0) is 32.3 Å². The molecule has 1 saturated heterocycles. The fourth-order valence-corrected chi connectivity index (χ4v) is 4.34. The number of hydrogen-bond donors (Lipinski definition) is 2. The minimum absolute atomic E-state index is 0.412. The second kappa shape index (κ2) is 7.75. The van der Waals surface area contributed by atoms with Crippen LogP contribution in [0.25, 0.3) is 22.3 Å². The monoisotopic (exact) mass is 426 g/mol. The Morgan fingerprint density at radius 1 is 1.19 bits per heavy atom. The summed E-state index contributed by atoms with van der Waals surface area (Å²) in [7, 11) is 0. The molecule has 0 amide bonds. The number of aromatic amines is 2. The molecule has 0 aliphatic carbocycles. The van der Waals surface area contributed by atoms with Crippen LogP contribution in [0.1, 0.15) is 49.4 Å². The fourth-order valence-electron chi connectivity index (χ4n) is 4.34. The number of nitrogens with zero attached hydrogens (tertiary/aromatic N) is 6. The second-order valence-electron chi connectivity index (χ2n) is 7.93. The normalized spacial score (nSPS) is 15.5. The number of aryl methyl sites for hydroxylation is 2. The largest absolute Gasteiger partial charge is 0.356 e. The van der Waals surface area contributed by atoms with Gasteiger partial charge in [-0.25, -0.2) is 19.6 Å². The Morgan fingerprint density at radius 3 is 2.68 bits per heavy atom. The van der Waals surface area contributed by atoms with Crippen LogP contribution < -0.4 is 4.90 Å². The van der Waals surface area contributed by atoms with Crippen LogP contribution in [0.3, 0.4) is 0 Å². The van der Waals surface area contributed by atoms with Crippen LogP contribution in [0.15, 0.2) is 24.8 Å². The van der Waals surface area contributed by atoms with E-state index in [4.69, 9.17) is 4.98 Å². The number of piperidine rings is 1. The molecule has 5 heterocycles. The zero-order valence-electron chi connectivity index (χ0n) is 17.4. The van der Waals surface area contributed by atoms with Crippen molar-refractivity contribution in [3.05, 3.63) is 42.0 Å². The first-order valence-electron chi connectivity index (χ1n) is 10.5. The molecule has 0 bridgehead atoms. The number of fused-ring (bicyclic) bond motifs is 1. The summed E-state index contributed by atoms with van der Waals surface area (Å²) in [6, 6.07) is 1.91. The van der Waals surface area contributed by atoms with Gasteiger partial charge in [0.25, 0.3) is 0 Å². The molecule has 31 heavy (non-hydrogen) atoms. The van der Waals surface area contributed by atoms with Gasteiger partial charge in [0, 0.05) is 36.5 Å². The molecule has 5 rings (SSSR count). The Bertz CT molecular complexity index is 1200. The lowest BCUT2D eigenvalue weighted by molar-refractivity contribution is 0.0566. The number of rotatable bonds is 5. The highest BCUT2D eigenvalue weighted by atomic mass is 19.3. The third-order valence-electron chi connectivity index (χ3n) is 6.06. The average Bonchev–Trinajstić information content (AvgIpc) is 3.51. The van der Waals surface area contributed by atoms with Gasteiger partial charge in [0.05, 0.1) is 23.0 Å². The van der Waals surface area contributed by atoms with Crippen molar-refractivity contribution in [1.82, 2.24) is 34.7 Å². The predicted octanol–water partition coefficient (Wildman–Crippen LogP) is 4.19. The molecule has 0 saturated carbocycles. The summed E-state index contributed by atoms with van der Waals surface area (Å²) >= 11 is 0. The van der Waals surface area contributed by atoms with Crippen molar-refractivity contribution in [3.63, 3.8) is 0 Å². The predicted molar refractivity (Wildman–Crippen MR) is 113 cm³/mol. The Hall–Kier alpha value is -3.30. The summed E-state index contributed by atoms with van der Waals surface area (Å²) in [5.41, 5.74) is 4.26. The van der Waals surface area contributed by atoms with Gasteiger partial charge in [0.15, 0.2) is 0 Å². The molecule has 4 aromatic rings. The first-order chi connectivity index (χ1) is 15.0. The van der Waals surface area contributed by atoms with Gasteiger partial charge in [-0.3, -0.25) is 0 Å². The summed E-state index contributed by atoms with van der Waals surface area (Å²) in [6.45, 7) is 3.25. The lowest BCUT2D eigenvalue weighted by Gasteiger charge is -2.32. The van der Waals surface area contributed by atoms with E-state index in [0.29, 0.717) is 27.5 Å². The average molecular weight is 426 g/mol. The maximum atomic E-state index is 12.9. The fraction of sp³-hybridized carbons (Fsp3) is 0.429. The van der Waals surface area contributed by atoms with Gasteiger partial charge < -0.3 is 14.9 Å². The zero-order valence-corrected chi connectivity index (χ0v) is 17.4. The number of hydrogen-bond acceptors (Lipinski definition) is 5. The molecule has 10 heteroatoms. The van der Waals surface area contributed by atoms with Crippen LogP contribution in [-0.4, -0.2) is 47.8 Å². The van der Waals surface area contributed by atoms with E-state index in [2.05, 4.69) is 43.8 Å². The molecule has 1 fully saturated rings. The van der Waals surface area contributed by atoms with Crippen molar-refractivity contribution in [3.8, 4) is 11.3 Å². The maximum absolute atomic E-state index is 12.9. The number of H-pyrrole nitrogens is 2. The summed E-state index contributed by atoms with van der Waals surface area (Å²) in [5, 5.41) is 4.59. The highest BCUT2D eigenvalue weighted by Crippen LogP contribution is 2.33. The van der Waals surface area contributed by atoms with E-state index in [1.54, 1.807) is 0 Å². The Labute approximate surface area is 177 Å². The van der Waals surface area contributed by atoms with Crippen molar-refractivity contribution in [2.24, 2.45) is 0 Å². The molecule has 0 atom stereocenters. The van der Waals surface area contributed by atoms with Crippen LogP contribution in [0.5, 0.6) is 0 Å². The smallest absolute Gasteiger partial charge is 0.333 e. The minimum atomic E-state index is -2.67. The van der Waals surface area contributed by atoms with Crippen LogP contribution in [0.2, 0.25) is 0 Å². The standard InChI is InChI=1S/C21H24F2N8/c1-3-16-12(2)27-18(28-16)13-4-6-30(7-5-13)20-15-8-17(29-19(15)24-11-25-20)14-9-26-31(10-14)21(22)23/h8-11,13,21H,3-7H2,1-2H3,(H,27,28)(H,24,25,29). The third kappa shape index (κ3) is 3.55. The van der Waals surface area contributed by atoms with E-state index in [0.717, 1.165) is 55.1 Å². The summed E-state index contributed by atoms with van der Waals surface area (Å²) in [6.07, 6.45) is 7.22. The first-order valence-corrected chi connectivity index (χ1v) is 10.5. The molecule has 0 aromatic carbocycles. The van der Waals surface area contributed by atoms with E-state index in [1.807, 2.05) is 6.07 Å². The molecular weight excluding hydrogens is 402 g/mol. The van der Waals surface area contributed by atoms with E-state index >= 15 is 0 Å². The van der Waals surface area contributed by atoms with Gasteiger partial charge >= 0.3 is 6.55 Å². The quantitative estimate of drug-likeness (QED) is 0.499. The number of nitrogens with one attached hydrogen (secondary N) is 2. The molecule has 8 nitrogen and oxygen atoms in total. The summed E-state index contributed by atoms with van der Waals surface area (Å²) < 4.78 is 26.4. The lowest BCUT2D eigenvalue weighted by atomic mass is 9.96. The Morgan fingerprint density at radius 2 is 2.00 bits per heavy atom. The van der Waals surface area contributed by atoms with E-state index in [1.165, 1.54) is 24.4 Å². The molecule has 1 aliphatic rings. The molecule has 0 spiro atoms. The van der Waals surface area contributed by atoms with Crippen molar-refractivity contribution in [2.45, 2.75) is 45.6 Å². The van der Waals surface area contributed by atoms with Crippen LogP contribution >= 0.6 is 0 Å². The van der Waals surface area contributed by atoms with Crippen LogP contribution in [-0.2, 0) is 6.42 Å². The lowest BCUT2D eigenvalue weighted by Crippen LogP contribution is -2.34. The molecule has 0 unspecified atom stereocenters. The first kappa shape index (κ1) is 19.7. The second-order valence-corrected chi connectivity index (χ2v) is 7.93. The van der Waals surface area contributed by atoms with Crippen molar-refractivity contribution in [2.75, 3.05) is 18.0 Å². The zero-order chi connectivity index (χ0) is 21.5. The Balaban J connectivity index is 1.37. The highest BCUT2D eigenvalue weighted by Gasteiger charge is 2.26. The molecule has 0 radical (unpaired) electrons. The van der Waals surface area contributed by atoms with Gasteiger partial charge in [0.2, 0.25) is 0 Å². The molecular formula is C21H24F2N8. The number of aromatic nitrogens is 7. The van der Waals surface area contributed by atoms with Crippen molar-refractivity contribution >= 4 is 16.9 Å².